The van der Waals surface area contributed by atoms with E-state index in [9.17, 15) is 13.2 Å². The third-order valence-electron chi connectivity index (χ3n) is 3.35. The molecule has 0 radical (unpaired) electrons. The summed E-state index contributed by atoms with van der Waals surface area (Å²) in [5.74, 6) is -0.0259. The van der Waals surface area contributed by atoms with Gasteiger partial charge in [0.2, 0.25) is 0 Å². The number of rotatable bonds is 3. The minimum absolute atomic E-state index is 0.0259. The van der Waals surface area contributed by atoms with E-state index in [1.54, 1.807) is 12.1 Å². The SMILES string of the molecule is CS(=O)(=O)c1ccc(C(=O)N2CCCC2CBr)cc1. The lowest BCUT2D eigenvalue weighted by atomic mass is 10.2. The van der Waals surface area contributed by atoms with Crippen LogP contribution in [-0.2, 0) is 9.84 Å². The van der Waals surface area contributed by atoms with Gasteiger partial charge >= 0.3 is 0 Å². The quantitative estimate of drug-likeness (QED) is 0.788. The Balaban J connectivity index is 2.21. The van der Waals surface area contributed by atoms with Gasteiger partial charge in [-0.05, 0) is 37.1 Å². The second-order valence-corrected chi connectivity index (χ2v) is 7.41. The second kappa shape index (κ2) is 5.63. The molecule has 0 aromatic heterocycles. The fourth-order valence-corrected chi connectivity index (χ4v) is 3.58. The molecule has 1 aliphatic rings. The van der Waals surface area contributed by atoms with E-state index >= 15 is 0 Å². The minimum Gasteiger partial charge on any atom is -0.335 e. The van der Waals surface area contributed by atoms with Gasteiger partial charge < -0.3 is 4.90 Å². The molecule has 0 saturated carbocycles. The second-order valence-electron chi connectivity index (χ2n) is 4.75. The van der Waals surface area contributed by atoms with Gasteiger partial charge in [-0.1, -0.05) is 15.9 Å². The van der Waals surface area contributed by atoms with Crippen molar-refractivity contribution in [3.8, 4) is 0 Å². The Labute approximate surface area is 121 Å². The maximum atomic E-state index is 12.3. The van der Waals surface area contributed by atoms with Crippen molar-refractivity contribution in [3.05, 3.63) is 29.8 Å². The number of alkyl halides is 1. The average Bonchev–Trinajstić information content (AvgIpc) is 2.85. The van der Waals surface area contributed by atoms with Crippen LogP contribution < -0.4 is 0 Å². The molecule has 0 N–H and O–H groups in total. The van der Waals surface area contributed by atoms with Crippen LogP contribution >= 0.6 is 15.9 Å². The van der Waals surface area contributed by atoms with Crippen molar-refractivity contribution >= 4 is 31.7 Å². The summed E-state index contributed by atoms with van der Waals surface area (Å²) in [6.07, 6.45) is 3.19. The molecule has 1 unspecified atom stereocenters. The summed E-state index contributed by atoms with van der Waals surface area (Å²) < 4.78 is 22.7. The van der Waals surface area contributed by atoms with E-state index in [0.717, 1.165) is 31.0 Å². The smallest absolute Gasteiger partial charge is 0.254 e. The largest absolute Gasteiger partial charge is 0.335 e. The third-order valence-corrected chi connectivity index (χ3v) is 5.22. The number of benzene rings is 1. The molecule has 1 saturated heterocycles. The van der Waals surface area contributed by atoms with Crippen LogP contribution in [0.2, 0.25) is 0 Å². The first-order valence-electron chi connectivity index (χ1n) is 6.10. The van der Waals surface area contributed by atoms with Gasteiger partial charge in [0, 0.05) is 29.7 Å². The fraction of sp³-hybridized carbons (Fsp3) is 0.462. The van der Waals surface area contributed by atoms with Gasteiger partial charge in [0.15, 0.2) is 9.84 Å². The molecule has 0 spiro atoms. The number of nitrogens with zero attached hydrogens (tertiary/aromatic N) is 1. The zero-order chi connectivity index (χ0) is 14.0. The highest BCUT2D eigenvalue weighted by Gasteiger charge is 2.28. The number of carbonyl (C=O) groups excluding carboxylic acids is 1. The Bertz CT molecular complexity index is 568. The monoisotopic (exact) mass is 345 g/mol. The van der Waals surface area contributed by atoms with Crippen molar-refractivity contribution < 1.29 is 13.2 Å². The van der Waals surface area contributed by atoms with E-state index in [-0.39, 0.29) is 16.8 Å². The molecule has 0 bridgehead atoms. The number of likely N-dealkylation sites (tertiary alicyclic amines) is 1. The summed E-state index contributed by atoms with van der Waals surface area (Å²) in [7, 11) is -3.21. The molecule has 6 heteroatoms. The first kappa shape index (κ1) is 14.5. The standard InChI is InChI=1S/C13H16BrNO3S/c1-19(17,18)12-6-4-10(5-7-12)13(16)15-8-2-3-11(15)9-14/h4-7,11H,2-3,8-9H2,1H3. The van der Waals surface area contributed by atoms with Crippen molar-refractivity contribution in [2.24, 2.45) is 0 Å². The lowest BCUT2D eigenvalue weighted by Crippen LogP contribution is -2.36. The van der Waals surface area contributed by atoms with Gasteiger partial charge in [0.25, 0.3) is 5.91 Å². The molecule has 1 aliphatic heterocycles. The number of carbonyl (C=O) groups is 1. The topological polar surface area (TPSA) is 54.5 Å². The highest BCUT2D eigenvalue weighted by atomic mass is 79.9. The molecule has 4 nitrogen and oxygen atoms in total. The van der Waals surface area contributed by atoms with Crippen molar-refractivity contribution in [2.45, 2.75) is 23.8 Å². The normalized spacial score (nSPS) is 19.7. The Morgan fingerprint density at radius 2 is 2.00 bits per heavy atom. The molecule has 104 valence electrons. The van der Waals surface area contributed by atoms with Gasteiger partial charge in [-0.2, -0.15) is 0 Å². The summed E-state index contributed by atoms with van der Waals surface area (Å²) in [6.45, 7) is 0.767. The number of sulfone groups is 1. The third kappa shape index (κ3) is 3.17. The van der Waals surface area contributed by atoms with Crippen LogP contribution in [0.1, 0.15) is 23.2 Å². The van der Waals surface area contributed by atoms with E-state index in [1.807, 2.05) is 4.90 Å². The predicted octanol–water partition coefficient (Wildman–Crippen LogP) is 2.09. The number of hydrogen-bond donors (Lipinski definition) is 0. The zero-order valence-corrected chi connectivity index (χ0v) is 13.1. The molecule has 1 aromatic rings. The lowest BCUT2D eigenvalue weighted by Gasteiger charge is -2.23. The Hall–Kier alpha value is -0.880. The van der Waals surface area contributed by atoms with Crippen LogP contribution in [0, 0.1) is 0 Å². The summed E-state index contributed by atoms with van der Waals surface area (Å²) in [6, 6.07) is 6.39. The Kier molecular flexibility index (Phi) is 4.30. The predicted molar refractivity (Wildman–Crippen MR) is 77.4 cm³/mol. The van der Waals surface area contributed by atoms with E-state index < -0.39 is 9.84 Å². The van der Waals surface area contributed by atoms with E-state index in [0.29, 0.717) is 5.56 Å². The summed E-state index contributed by atoms with van der Waals surface area (Å²) >= 11 is 3.42. The average molecular weight is 346 g/mol. The molecule has 1 atom stereocenters. The minimum atomic E-state index is -3.21. The van der Waals surface area contributed by atoms with E-state index in [1.165, 1.54) is 12.1 Å². The highest BCUT2D eigenvalue weighted by molar-refractivity contribution is 9.09. The van der Waals surface area contributed by atoms with Gasteiger partial charge in [-0.15, -0.1) is 0 Å². The summed E-state index contributed by atoms with van der Waals surface area (Å²) in [5.41, 5.74) is 0.542. The molecule has 2 rings (SSSR count). The van der Waals surface area contributed by atoms with Crippen molar-refractivity contribution in [1.82, 2.24) is 4.90 Å². The van der Waals surface area contributed by atoms with Gasteiger partial charge in [0.1, 0.15) is 0 Å². The zero-order valence-electron chi connectivity index (χ0n) is 10.7. The molecule has 0 aliphatic carbocycles. The number of hydrogen-bond acceptors (Lipinski definition) is 3. The van der Waals surface area contributed by atoms with Crippen LogP contribution in [0.15, 0.2) is 29.2 Å². The van der Waals surface area contributed by atoms with Crippen LogP contribution in [0.5, 0.6) is 0 Å². The maximum absolute atomic E-state index is 12.3. The van der Waals surface area contributed by atoms with Crippen LogP contribution in [0.25, 0.3) is 0 Å². The number of amides is 1. The van der Waals surface area contributed by atoms with Crippen molar-refractivity contribution in [3.63, 3.8) is 0 Å². The van der Waals surface area contributed by atoms with Crippen molar-refractivity contribution in [2.75, 3.05) is 18.1 Å². The molecule has 1 aromatic carbocycles. The molecular weight excluding hydrogens is 330 g/mol. The lowest BCUT2D eigenvalue weighted by molar-refractivity contribution is 0.0750. The first-order chi connectivity index (χ1) is 8.93. The molecule has 19 heavy (non-hydrogen) atoms. The van der Waals surface area contributed by atoms with Crippen LogP contribution in [0.4, 0.5) is 0 Å². The van der Waals surface area contributed by atoms with Gasteiger partial charge in [-0.3, -0.25) is 4.79 Å². The van der Waals surface area contributed by atoms with Crippen LogP contribution in [0.3, 0.4) is 0 Å². The van der Waals surface area contributed by atoms with Gasteiger partial charge in [-0.25, -0.2) is 8.42 Å². The molecular formula is C13H16BrNO3S. The molecule has 1 heterocycles. The van der Waals surface area contributed by atoms with Gasteiger partial charge in [0.05, 0.1) is 4.90 Å². The van der Waals surface area contributed by atoms with E-state index in [2.05, 4.69) is 15.9 Å². The first-order valence-corrected chi connectivity index (χ1v) is 9.12. The number of halogens is 1. The molecule has 1 fully saturated rings. The Morgan fingerprint density at radius 1 is 1.37 bits per heavy atom. The van der Waals surface area contributed by atoms with Crippen molar-refractivity contribution in [1.29, 1.82) is 0 Å². The Morgan fingerprint density at radius 3 is 2.53 bits per heavy atom. The maximum Gasteiger partial charge on any atom is 0.254 e. The summed E-state index contributed by atoms with van der Waals surface area (Å²) in [5, 5.41) is 0.778. The highest BCUT2D eigenvalue weighted by Crippen LogP contribution is 2.22. The fourth-order valence-electron chi connectivity index (χ4n) is 2.27. The molecule has 1 amide bonds. The summed E-state index contributed by atoms with van der Waals surface area (Å²) in [4.78, 5) is 14.4. The van der Waals surface area contributed by atoms with E-state index in [4.69, 9.17) is 0 Å². The van der Waals surface area contributed by atoms with Crippen LogP contribution in [-0.4, -0.2) is 43.4 Å².